The van der Waals surface area contributed by atoms with Crippen LogP contribution in [-0.2, 0) is 9.36 Å². The molecule has 6 nitrogen and oxygen atoms in total. The first-order valence-corrected chi connectivity index (χ1v) is 6.68. The molecular weight excluding hydrogens is 233 g/mol. The molecule has 1 saturated heterocycles. The van der Waals surface area contributed by atoms with Crippen LogP contribution >= 0.6 is 7.60 Å². The van der Waals surface area contributed by atoms with E-state index in [1.165, 1.54) is 0 Å². The summed E-state index contributed by atoms with van der Waals surface area (Å²) < 4.78 is 11.0. The molecule has 1 aliphatic heterocycles. The summed E-state index contributed by atoms with van der Waals surface area (Å²) in [6.07, 6.45) is -0.422. The summed E-state index contributed by atoms with van der Waals surface area (Å²) in [6.45, 7) is 5.86. The van der Waals surface area contributed by atoms with Crippen molar-refractivity contribution < 1.29 is 24.3 Å². The van der Waals surface area contributed by atoms with E-state index in [4.69, 9.17) is 14.9 Å². The molecule has 0 saturated carbocycles. The topological polar surface area (TPSA) is 107 Å². The molecule has 4 N–H and O–H groups in total. The summed E-state index contributed by atoms with van der Waals surface area (Å²) in [7, 11) is -4.21. The molecule has 0 aliphatic carbocycles. The van der Waals surface area contributed by atoms with Crippen LogP contribution in [0.4, 0.5) is 0 Å². The van der Waals surface area contributed by atoms with Crippen LogP contribution in [0.5, 0.6) is 0 Å². The van der Waals surface area contributed by atoms with Crippen molar-refractivity contribution in [3.8, 4) is 0 Å². The normalized spacial score (nSPS) is 30.3. The number of nitrogens with one attached hydrogen (secondary N) is 1. The summed E-state index contributed by atoms with van der Waals surface area (Å²) in [5.41, 5.74) is 0.745. The Kier molecular flexibility index (Phi) is 3.91. The first-order chi connectivity index (χ1) is 7.22. The average Bonchev–Trinajstić information content (AvgIpc) is 2.44. The van der Waals surface area contributed by atoms with Crippen molar-refractivity contribution in [2.24, 2.45) is 11.8 Å². The molecule has 16 heavy (non-hydrogen) atoms. The zero-order valence-electron chi connectivity index (χ0n) is 8.96. The second kappa shape index (κ2) is 4.67. The number of carboxylic acids is 1. The molecule has 1 heterocycles. The molecule has 0 amide bonds. The van der Waals surface area contributed by atoms with E-state index in [2.05, 4.69) is 11.9 Å². The Bertz CT molecular complexity index is 328. The van der Waals surface area contributed by atoms with Gasteiger partial charge in [0, 0.05) is 12.5 Å². The predicted octanol–water partition coefficient (Wildman–Crippen LogP) is 0.0290. The van der Waals surface area contributed by atoms with Crippen LogP contribution in [0.1, 0.15) is 6.92 Å². The van der Waals surface area contributed by atoms with E-state index >= 15 is 0 Å². The molecule has 1 rings (SSSR count). The minimum Gasteiger partial charge on any atom is -0.480 e. The third-order valence-corrected chi connectivity index (χ3v) is 3.75. The molecular formula is C9H16NO5P. The minimum absolute atomic E-state index is 0.200. The quantitative estimate of drug-likeness (QED) is 0.413. The Morgan fingerprint density at radius 2 is 2.12 bits per heavy atom. The van der Waals surface area contributed by atoms with Gasteiger partial charge in [0.1, 0.15) is 6.04 Å². The Morgan fingerprint density at radius 1 is 1.56 bits per heavy atom. The number of rotatable bonds is 4. The maximum absolute atomic E-state index is 11.0. The fraction of sp³-hybridized carbons (Fsp3) is 0.667. The van der Waals surface area contributed by atoms with Gasteiger partial charge in [-0.25, -0.2) is 0 Å². The second-order valence-electron chi connectivity index (χ2n) is 4.19. The maximum Gasteiger partial charge on any atom is 0.325 e. The maximum atomic E-state index is 11.0. The van der Waals surface area contributed by atoms with Crippen LogP contribution in [0.3, 0.4) is 0 Å². The fourth-order valence-corrected chi connectivity index (χ4v) is 3.12. The fourth-order valence-electron chi connectivity index (χ4n) is 2.11. The highest BCUT2D eigenvalue weighted by atomic mass is 31.2. The minimum atomic E-state index is -4.21. The van der Waals surface area contributed by atoms with Gasteiger partial charge >= 0.3 is 13.6 Å². The van der Waals surface area contributed by atoms with E-state index in [0.717, 1.165) is 5.57 Å². The van der Waals surface area contributed by atoms with Gasteiger partial charge in [0.15, 0.2) is 0 Å². The smallest absolute Gasteiger partial charge is 0.325 e. The van der Waals surface area contributed by atoms with Gasteiger partial charge in [0.2, 0.25) is 0 Å². The molecule has 0 radical (unpaired) electrons. The van der Waals surface area contributed by atoms with Gasteiger partial charge in [0.25, 0.3) is 0 Å². The Morgan fingerprint density at radius 3 is 2.50 bits per heavy atom. The second-order valence-corrected chi connectivity index (χ2v) is 5.88. The van der Waals surface area contributed by atoms with Crippen molar-refractivity contribution in [1.82, 2.24) is 5.32 Å². The van der Waals surface area contributed by atoms with Crippen LogP contribution in [0, 0.1) is 11.8 Å². The highest BCUT2D eigenvalue weighted by Gasteiger charge is 2.43. The monoisotopic (exact) mass is 249 g/mol. The first kappa shape index (κ1) is 13.4. The molecule has 0 aromatic carbocycles. The number of carboxylic acid groups (broad SMARTS) is 1. The summed E-state index contributed by atoms with van der Waals surface area (Å²) >= 11 is 0. The summed E-state index contributed by atoms with van der Waals surface area (Å²) in [4.78, 5) is 28.8. The van der Waals surface area contributed by atoms with Gasteiger partial charge in [0.05, 0.1) is 6.16 Å². The summed E-state index contributed by atoms with van der Waals surface area (Å²) in [5.74, 6) is -1.88. The van der Waals surface area contributed by atoms with Gasteiger partial charge in [-0.2, -0.15) is 0 Å². The van der Waals surface area contributed by atoms with Crippen molar-refractivity contribution in [1.29, 1.82) is 0 Å². The van der Waals surface area contributed by atoms with Crippen LogP contribution < -0.4 is 5.32 Å². The van der Waals surface area contributed by atoms with Gasteiger partial charge < -0.3 is 20.2 Å². The van der Waals surface area contributed by atoms with Crippen molar-refractivity contribution >= 4 is 13.6 Å². The predicted molar refractivity (Wildman–Crippen MR) is 58.1 cm³/mol. The number of hydrogen-bond donors (Lipinski definition) is 4. The summed E-state index contributed by atoms with van der Waals surface area (Å²) in [6, 6.07) is -0.908. The molecule has 3 atom stereocenters. The lowest BCUT2D eigenvalue weighted by atomic mass is 9.88. The van der Waals surface area contributed by atoms with Crippen LogP contribution in [-0.4, -0.2) is 39.6 Å². The standard InChI is InChI=1S/C9H16NO5P/c1-5(2)6-3-10-8(9(11)12)7(6)4-16(13,14)15/h6-8,10H,1,3-4H2,2H3,(H,11,12)(H2,13,14,15)/t6-,7+,8+/m1/s1. The van der Waals surface area contributed by atoms with E-state index in [-0.39, 0.29) is 5.92 Å². The summed E-state index contributed by atoms with van der Waals surface area (Å²) in [5, 5.41) is 11.7. The third-order valence-electron chi connectivity index (χ3n) is 2.85. The van der Waals surface area contributed by atoms with Crippen molar-refractivity contribution in [2.45, 2.75) is 13.0 Å². The van der Waals surface area contributed by atoms with Crippen molar-refractivity contribution in [3.05, 3.63) is 12.2 Å². The van der Waals surface area contributed by atoms with Crippen molar-refractivity contribution in [2.75, 3.05) is 12.7 Å². The molecule has 0 spiro atoms. The number of aliphatic carboxylic acids is 1. The molecule has 92 valence electrons. The molecule has 0 aromatic heterocycles. The third kappa shape index (κ3) is 3.15. The Labute approximate surface area is 93.5 Å². The van der Waals surface area contributed by atoms with Crippen LogP contribution in [0.25, 0.3) is 0 Å². The Hall–Kier alpha value is -0.680. The molecule has 7 heteroatoms. The number of hydrogen-bond acceptors (Lipinski definition) is 3. The molecule has 1 aliphatic rings. The van der Waals surface area contributed by atoms with E-state index in [0.29, 0.717) is 6.54 Å². The lowest BCUT2D eigenvalue weighted by Gasteiger charge is -2.22. The highest BCUT2D eigenvalue weighted by molar-refractivity contribution is 7.51. The zero-order chi connectivity index (χ0) is 12.5. The SMILES string of the molecule is C=C(C)[C@H]1CN[C@H](C(=O)O)[C@H]1CP(=O)(O)O. The first-order valence-electron chi connectivity index (χ1n) is 4.88. The Balaban J connectivity index is 2.89. The highest BCUT2D eigenvalue weighted by Crippen LogP contribution is 2.42. The van der Waals surface area contributed by atoms with Gasteiger partial charge in [-0.15, -0.1) is 0 Å². The van der Waals surface area contributed by atoms with Gasteiger partial charge in [-0.1, -0.05) is 12.2 Å². The lowest BCUT2D eigenvalue weighted by molar-refractivity contribution is -0.140. The van der Waals surface area contributed by atoms with E-state index < -0.39 is 31.7 Å². The average molecular weight is 249 g/mol. The molecule has 1 fully saturated rings. The van der Waals surface area contributed by atoms with Gasteiger partial charge in [-0.3, -0.25) is 9.36 Å². The van der Waals surface area contributed by atoms with Crippen LogP contribution in [0.15, 0.2) is 12.2 Å². The lowest BCUT2D eigenvalue weighted by Crippen LogP contribution is -2.37. The molecule has 0 unspecified atom stereocenters. The number of carbonyl (C=O) groups is 1. The van der Waals surface area contributed by atoms with E-state index in [9.17, 15) is 9.36 Å². The van der Waals surface area contributed by atoms with Crippen LogP contribution in [0.2, 0.25) is 0 Å². The zero-order valence-corrected chi connectivity index (χ0v) is 9.85. The van der Waals surface area contributed by atoms with E-state index in [1.807, 2.05) is 0 Å². The molecule has 0 bridgehead atoms. The van der Waals surface area contributed by atoms with Crippen molar-refractivity contribution in [3.63, 3.8) is 0 Å². The molecule has 0 aromatic rings. The largest absolute Gasteiger partial charge is 0.480 e. The van der Waals surface area contributed by atoms with Gasteiger partial charge in [-0.05, 0) is 12.8 Å². The van der Waals surface area contributed by atoms with E-state index in [1.54, 1.807) is 6.92 Å².